The van der Waals surface area contributed by atoms with E-state index in [0.29, 0.717) is 6.61 Å². The van der Waals surface area contributed by atoms with Gasteiger partial charge in [0.05, 0.1) is 0 Å². The van der Waals surface area contributed by atoms with Crippen LogP contribution in [0.4, 0.5) is 4.79 Å². The van der Waals surface area contributed by atoms with E-state index in [-0.39, 0.29) is 6.10 Å². The van der Waals surface area contributed by atoms with Crippen LogP contribution in [0.25, 0.3) is 0 Å². The van der Waals surface area contributed by atoms with Gasteiger partial charge in [-0.3, -0.25) is 0 Å². The molecule has 1 aliphatic heterocycles. The molecule has 1 rings (SSSR count). The fourth-order valence-corrected chi connectivity index (χ4v) is 0.418. The molecule has 7 heteroatoms. The number of carbonyl (C=O) groups is 1. The summed E-state index contributed by atoms with van der Waals surface area (Å²) in [5.74, 6) is 0. The molecule has 11 heavy (non-hydrogen) atoms. The molecule has 0 aromatic carbocycles. The van der Waals surface area contributed by atoms with Crippen molar-refractivity contribution in [2.24, 2.45) is 0 Å². The van der Waals surface area contributed by atoms with Gasteiger partial charge in [-0.15, -0.1) is 0 Å². The van der Waals surface area contributed by atoms with Crippen molar-refractivity contribution in [2.45, 2.75) is 13.0 Å². The second-order valence-corrected chi connectivity index (χ2v) is 9.56. The molecule has 0 radical (unpaired) electrons. The Hall–Kier alpha value is 0.763. The average molecular weight is 310 g/mol. The molecule has 0 spiro atoms. The van der Waals surface area contributed by atoms with Crippen molar-refractivity contribution in [1.82, 2.24) is 0 Å². The van der Waals surface area contributed by atoms with Crippen molar-refractivity contribution in [3.8, 4) is 0 Å². The molecule has 3 nitrogen and oxygen atoms in total. The molecule has 69 valence electrons. The number of hydrogen-bond donors (Lipinski definition) is 0. The van der Waals surface area contributed by atoms with Gasteiger partial charge in [-0.05, 0) is 6.92 Å². The summed E-state index contributed by atoms with van der Waals surface area (Å²) >= 11 is -1.75. The molecule has 0 aliphatic carbocycles. The second-order valence-electron chi connectivity index (χ2n) is 1.64. The predicted octanol–water partition coefficient (Wildman–Crippen LogP) is 2.61. The molecule has 0 saturated carbocycles. The minimum absolute atomic E-state index is 0.0486. The topological polar surface area (TPSA) is 35.5 Å². The number of hydrogen-bond acceptors (Lipinski definition) is 3. The van der Waals surface area contributed by atoms with Crippen LogP contribution in [0.3, 0.4) is 0 Å². The van der Waals surface area contributed by atoms with Crippen LogP contribution in [-0.2, 0) is 22.5 Å². The Morgan fingerprint density at radius 1 is 1.55 bits per heavy atom. The van der Waals surface area contributed by atoms with Crippen LogP contribution < -0.4 is 0 Å². The molecule has 1 aliphatic rings. The maximum absolute atomic E-state index is 10.0. The third-order valence-corrected chi connectivity index (χ3v) is 0.733. The zero-order chi connectivity index (χ0) is 8.85. The van der Waals surface area contributed by atoms with Crippen molar-refractivity contribution in [3.05, 3.63) is 0 Å². The maximum atomic E-state index is 10.0. The summed E-state index contributed by atoms with van der Waals surface area (Å²) in [6.07, 6.45) is -0.597. The fraction of sp³-hybridized carbons (Fsp3) is 0.750. The Balaban J connectivity index is 0.000000218. The molecule has 1 fully saturated rings. The molecule has 1 heterocycles. The van der Waals surface area contributed by atoms with Gasteiger partial charge in [0.25, 0.3) is 0 Å². The van der Waals surface area contributed by atoms with Crippen LogP contribution in [0.15, 0.2) is 0 Å². The predicted molar refractivity (Wildman–Crippen MR) is 39.5 cm³/mol. The van der Waals surface area contributed by atoms with Gasteiger partial charge in [0.15, 0.2) is 0 Å². The number of rotatable bonds is 0. The summed E-state index contributed by atoms with van der Waals surface area (Å²) in [6, 6.07) is 0. The van der Waals surface area contributed by atoms with E-state index < -0.39 is 19.1 Å². The van der Waals surface area contributed by atoms with Crippen LogP contribution >= 0.6 is 29.1 Å². The van der Waals surface area contributed by atoms with E-state index in [0.717, 1.165) is 0 Å². The average Bonchev–Trinajstić information content (AvgIpc) is 2.13. The summed E-state index contributed by atoms with van der Waals surface area (Å²) in [7, 11) is 14.8. The first kappa shape index (κ1) is 11.8. The molecular formula is C4H6Cl3O3Ru. The van der Waals surface area contributed by atoms with Crippen LogP contribution in [0, 0.1) is 0 Å². The van der Waals surface area contributed by atoms with Crippen molar-refractivity contribution in [3.63, 3.8) is 0 Å². The molecule has 0 bridgehead atoms. The van der Waals surface area contributed by atoms with Crippen LogP contribution in [0.1, 0.15) is 6.92 Å². The number of cyclic esters (lactones) is 2. The Morgan fingerprint density at radius 2 is 2.00 bits per heavy atom. The zero-order valence-corrected chi connectivity index (χ0v) is 9.50. The molecular weight excluding hydrogens is 303 g/mol. The summed E-state index contributed by atoms with van der Waals surface area (Å²) < 4.78 is 8.90. The van der Waals surface area contributed by atoms with Crippen molar-refractivity contribution in [2.75, 3.05) is 6.61 Å². The van der Waals surface area contributed by atoms with Gasteiger partial charge < -0.3 is 9.47 Å². The Labute approximate surface area is 81.9 Å². The second kappa shape index (κ2) is 6.30. The zero-order valence-electron chi connectivity index (χ0n) is 5.50. The van der Waals surface area contributed by atoms with Crippen LogP contribution in [0.2, 0.25) is 0 Å². The van der Waals surface area contributed by atoms with Crippen LogP contribution in [0.5, 0.6) is 0 Å². The van der Waals surface area contributed by atoms with E-state index in [1.165, 1.54) is 0 Å². The van der Waals surface area contributed by atoms with E-state index >= 15 is 0 Å². The Kier molecular flexibility index (Phi) is 6.74. The number of halogens is 3. The van der Waals surface area contributed by atoms with Crippen LogP contribution in [-0.4, -0.2) is 18.9 Å². The van der Waals surface area contributed by atoms with Gasteiger partial charge >= 0.3 is 48.2 Å². The van der Waals surface area contributed by atoms with E-state index in [1.807, 2.05) is 0 Å². The van der Waals surface area contributed by atoms with E-state index in [4.69, 9.17) is 29.1 Å². The fourth-order valence-electron chi connectivity index (χ4n) is 0.418. The molecule has 1 saturated heterocycles. The first-order valence-electron chi connectivity index (χ1n) is 2.52. The van der Waals surface area contributed by atoms with Gasteiger partial charge in [-0.1, -0.05) is 0 Å². The van der Waals surface area contributed by atoms with Gasteiger partial charge in [-0.25, -0.2) is 4.79 Å². The molecule has 0 N–H and O–H groups in total. The summed E-state index contributed by atoms with van der Waals surface area (Å²) in [5, 5.41) is 0. The van der Waals surface area contributed by atoms with Crippen molar-refractivity contribution in [1.29, 1.82) is 0 Å². The third-order valence-electron chi connectivity index (χ3n) is 0.733. The van der Waals surface area contributed by atoms with Gasteiger partial charge in [0.2, 0.25) is 0 Å². The summed E-state index contributed by atoms with van der Waals surface area (Å²) in [4.78, 5) is 10.0. The van der Waals surface area contributed by atoms with Gasteiger partial charge in [-0.2, -0.15) is 0 Å². The summed E-state index contributed by atoms with van der Waals surface area (Å²) in [6.45, 7) is 2.18. The molecule has 0 aromatic rings. The molecule has 1 atom stereocenters. The number of carbonyl (C=O) groups excluding carboxylic acids is 1. The quantitative estimate of drug-likeness (QED) is 0.510. The minimum atomic E-state index is -1.75. The normalized spacial score (nSPS) is 22.7. The summed E-state index contributed by atoms with van der Waals surface area (Å²) in [5.41, 5.74) is 0. The van der Waals surface area contributed by atoms with Gasteiger partial charge in [0, 0.05) is 0 Å². The van der Waals surface area contributed by atoms with E-state index in [1.54, 1.807) is 6.92 Å². The van der Waals surface area contributed by atoms with Crippen molar-refractivity contribution < 1.29 is 27.2 Å². The molecule has 0 aromatic heterocycles. The van der Waals surface area contributed by atoms with Gasteiger partial charge in [0.1, 0.15) is 12.7 Å². The monoisotopic (exact) mass is 309 g/mol. The SMILES string of the molecule is CC1COC(=O)O1.[Cl][Ru]([Cl])[Cl]. The Bertz CT molecular complexity index is 129. The molecule has 0 amide bonds. The Morgan fingerprint density at radius 3 is 2.09 bits per heavy atom. The van der Waals surface area contributed by atoms with Crippen molar-refractivity contribution >= 4 is 35.2 Å². The third kappa shape index (κ3) is 8.67. The first-order valence-corrected chi connectivity index (χ1v) is 9.24. The first-order chi connectivity index (χ1) is 5.02. The van der Waals surface area contributed by atoms with E-state index in [2.05, 4.69) is 9.47 Å². The molecule has 1 unspecified atom stereocenters. The van der Waals surface area contributed by atoms with E-state index in [9.17, 15) is 4.79 Å². The standard InChI is InChI=1S/C4H6O3.3ClH.Ru/c1-3-2-6-4(5)7-3;;;;/h3H,2H2,1H3;3*1H;/q;;;;+3/p-3. The number of ether oxygens (including phenoxy) is 2.